The van der Waals surface area contributed by atoms with Gasteiger partial charge in [-0.3, -0.25) is 4.79 Å². The van der Waals surface area contributed by atoms with Crippen molar-refractivity contribution in [1.82, 2.24) is 10.3 Å². The van der Waals surface area contributed by atoms with Crippen LogP contribution in [0.5, 0.6) is 11.5 Å². The number of nitrogens with one attached hydrogen (secondary N) is 1. The van der Waals surface area contributed by atoms with Gasteiger partial charge in [0.05, 0.1) is 11.8 Å². The number of para-hydroxylation sites is 1. The van der Waals surface area contributed by atoms with Crippen LogP contribution in [0, 0.1) is 0 Å². The number of benzene rings is 3. The summed E-state index contributed by atoms with van der Waals surface area (Å²) in [4.78, 5) is 17.4. The lowest BCUT2D eigenvalue weighted by molar-refractivity contribution is 0.0950. The summed E-state index contributed by atoms with van der Waals surface area (Å²) in [6.07, 6.45) is 1.67. The number of amides is 1. The highest BCUT2D eigenvalue weighted by molar-refractivity contribution is 6.00. The number of fused-ring (bicyclic) bond motifs is 1. The van der Waals surface area contributed by atoms with E-state index in [4.69, 9.17) is 13.9 Å². The Morgan fingerprint density at radius 3 is 2.61 bits per heavy atom. The van der Waals surface area contributed by atoms with E-state index in [0.717, 1.165) is 11.1 Å². The van der Waals surface area contributed by atoms with E-state index in [1.807, 2.05) is 66.7 Å². The molecule has 154 valence electrons. The summed E-state index contributed by atoms with van der Waals surface area (Å²) in [6.45, 7) is 1.34. The molecule has 0 saturated carbocycles. The maximum Gasteiger partial charge on any atom is 0.252 e. The molecule has 4 aromatic rings. The van der Waals surface area contributed by atoms with Crippen molar-refractivity contribution in [1.29, 1.82) is 0 Å². The summed E-state index contributed by atoms with van der Waals surface area (Å²) in [6, 6.07) is 22.7. The monoisotopic (exact) mass is 412 g/mol. The van der Waals surface area contributed by atoms with Gasteiger partial charge in [-0.05, 0) is 18.2 Å². The highest BCUT2D eigenvalue weighted by atomic mass is 16.6. The number of aromatic nitrogens is 1. The normalized spacial score (nSPS) is 12.4. The van der Waals surface area contributed by atoms with Crippen LogP contribution in [0.4, 0.5) is 0 Å². The van der Waals surface area contributed by atoms with Crippen LogP contribution in [0.2, 0.25) is 0 Å². The predicted molar refractivity (Wildman–Crippen MR) is 116 cm³/mol. The van der Waals surface area contributed by atoms with Gasteiger partial charge in [-0.2, -0.15) is 0 Å². The summed E-state index contributed by atoms with van der Waals surface area (Å²) in [5.74, 6) is 2.22. The Balaban J connectivity index is 1.37. The number of ether oxygens (including phenoxy) is 2. The van der Waals surface area contributed by atoms with E-state index in [9.17, 15) is 4.79 Å². The summed E-state index contributed by atoms with van der Waals surface area (Å²) >= 11 is 0. The van der Waals surface area contributed by atoms with Crippen molar-refractivity contribution in [3.8, 4) is 34.3 Å². The molecule has 3 aromatic carbocycles. The van der Waals surface area contributed by atoms with E-state index >= 15 is 0 Å². The van der Waals surface area contributed by atoms with E-state index in [1.165, 1.54) is 0 Å². The zero-order chi connectivity index (χ0) is 21.0. The van der Waals surface area contributed by atoms with Crippen LogP contribution in [0.25, 0.3) is 22.8 Å². The summed E-state index contributed by atoms with van der Waals surface area (Å²) < 4.78 is 17.3. The molecule has 31 heavy (non-hydrogen) atoms. The van der Waals surface area contributed by atoms with Crippen molar-refractivity contribution in [2.75, 3.05) is 13.2 Å². The summed E-state index contributed by atoms with van der Waals surface area (Å²) in [5, 5.41) is 2.97. The molecule has 0 radical (unpaired) electrons. The predicted octanol–water partition coefficient (Wildman–Crippen LogP) is 4.71. The number of carbonyl (C=O) groups is 1. The third kappa shape index (κ3) is 3.88. The molecule has 1 amide bonds. The van der Waals surface area contributed by atoms with Crippen LogP contribution in [0.15, 0.2) is 83.4 Å². The second-order valence-corrected chi connectivity index (χ2v) is 7.07. The Hall–Kier alpha value is -4.06. The van der Waals surface area contributed by atoms with Crippen molar-refractivity contribution in [2.45, 2.75) is 6.54 Å². The number of hydrogen-bond donors (Lipinski definition) is 1. The average molecular weight is 412 g/mol. The minimum atomic E-state index is -0.218. The third-order valence-corrected chi connectivity index (χ3v) is 5.05. The van der Waals surface area contributed by atoms with Gasteiger partial charge in [0, 0.05) is 23.2 Å². The summed E-state index contributed by atoms with van der Waals surface area (Å²) in [5.41, 5.74) is 2.92. The number of hydrogen-bond acceptors (Lipinski definition) is 5. The van der Waals surface area contributed by atoms with E-state index in [2.05, 4.69) is 10.3 Å². The van der Waals surface area contributed by atoms with Gasteiger partial charge in [-0.25, -0.2) is 4.98 Å². The van der Waals surface area contributed by atoms with Crippen molar-refractivity contribution >= 4 is 5.91 Å². The molecule has 6 nitrogen and oxygen atoms in total. The zero-order valence-corrected chi connectivity index (χ0v) is 16.7. The number of carbonyl (C=O) groups excluding carboxylic acids is 1. The zero-order valence-electron chi connectivity index (χ0n) is 16.7. The molecular weight excluding hydrogens is 392 g/mol. The van der Waals surface area contributed by atoms with Gasteiger partial charge in [0.25, 0.3) is 5.91 Å². The first-order valence-corrected chi connectivity index (χ1v) is 10.1. The first kappa shape index (κ1) is 18.9. The molecule has 0 aliphatic carbocycles. The van der Waals surface area contributed by atoms with Crippen LogP contribution in [-0.2, 0) is 6.54 Å². The maximum atomic E-state index is 13.0. The Morgan fingerprint density at radius 1 is 0.903 bits per heavy atom. The average Bonchev–Trinajstić information content (AvgIpc) is 3.33. The topological polar surface area (TPSA) is 73.6 Å². The van der Waals surface area contributed by atoms with Crippen LogP contribution in [0.3, 0.4) is 0 Å². The first-order valence-electron chi connectivity index (χ1n) is 10.1. The number of rotatable bonds is 5. The standard InChI is InChI=1S/C25H20N2O4/c28-24(26-15-18-9-6-12-21-23(18)30-14-13-29-21)19-10-4-5-11-20(19)25-27-16-22(31-25)17-7-2-1-3-8-17/h1-12,16H,13-15H2,(H,26,28). The fraction of sp³-hybridized carbons (Fsp3) is 0.120. The molecule has 1 N–H and O–H groups in total. The highest BCUT2D eigenvalue weighted by Gasteiger charge is 2.19. The van der Waals surface area contributed by atoms with E-state index in [-0.39, 0.29) is 5.91 Å². The van der Waals surface area contributed by atoms with Gasteiger partial charge in [0.15, 0.2) is 17.3 Å². The maximum absolute atomic E-state index is 13.0. The quantitative estimate of drug-likeness (QED) is 0.514. The molecule has 1 aromatic heterocycles. The second-order valence-electron chi connectivity index (χ2n) is 7.07. The van der Waals surface area contributed by atoms with Crippen molar-refractivity contribution < 1.29 is 18.7 Å². The molecule has 5 rings (SSSR count). The summed E-state index contributed by atoms with van der Waals surface area (Å²) in [7, 11) is 0. The first-order chi connectivity index (χ1) is 15.3. The Kier molecular flexibility index (Phi) is 5.10. The molecule has 6 heteroatoms. The lowest BCUT2D eigenvalue weighted by Gasteiger charge is -2.21. The molecule has 0 atom stereocenters. The SMILES string of the molecule is O=C(NCc1cccc2c1OCCO2)c1ccccc1-c1ncc(-c2ccccc2)o1. The van der Waals surface area contributed by atoms with Crippen LogP contribution in [-0.4, -0.2) is 24.1 Å². The molecule has 0 bridgehead atoms. The van der Waals surface area contributed by atoms with Crippen molar-refractivity contribution in [2.24, 2.45) is 0 Å². The molecule has 1 aliphatic heterocycles. The van der Waals surface area contributed by atoms with Crippen molar-refractivity contribution in [3.05, 3.63) is 90.1 Å². The van der Waals surface area contributed by atoms with E-state index < -0.39 is 0 Å². The van der Waals surface area contributed by atoms with Crippen LogP contribution >= 0.6 is 0 Å². The van der Waals surface area contributed by atoms with Gasteiger partial charge < -0.3 is 19.2 Å². The lowest BCUT2D eigenvalue weighted by Crippen LogP contribution is -2.25. The molecule has 0 saturated heterocycles. The molecule has 2 heterocycles. The Labute approximate surface area is 179 Å². The molecule has 0 unspecified atom stereocenters. The molecule has 0 fully saturated rings. The van der Waals surface area contributed by atoms with Crippen molar-refractivity contribution in [3.63, 3.8) is 0 Å². The largest absolute Gasteiger partial charge is 0.486 e. The van der Waals surface area contributed by atoms with Crippen LogP contribution < -0.4 is 14.8 Å². The molecular formula is C25H20N2O4. The number of oxazole rings is 1. The Bertz CT molecular complexity index is 1220. The van der Waals surface area contributed by atoms with E-state index in [1.54, 1.807) is 12.3 Å². The number of nitrogens with zero attached hydrogens (tertiary/aromatic N) is 1. The van der Waals surface area contributed by atoms with Gasteiger partial charge in [0.2, 0.25) is 5.89 Å². The molecule has 1 aliphatic rings. The highest BCUT2D eigenvalue weighted by Crippen LogP contribution is 2.33. The fourth-order valence-electron chi connectivity index (χ4n) is 3.55. The van der Waals surface area contributed by atoms with Crippen LogP contribution in [0.1, 0.15) is 15.9 Å². The van der Waals surface area contributed by atoms with Gasteiger partial charge in [-0.15, -0.1) is 0 Å². The molecule has 0 spiro atoms. The van der Waals surface area contributed by atoms with Gasteiger partial charge in [-0.1, -0.05) is 54.6 Å². The van der Waals surface area contributed by atoms with Gasteiger partial charge >= 0.3 is 0 Å². The van der Waals surface area contributed by atoms with Gasteiger partial charge in [0.1, 0.15) is 13.2 Å². The van der Waals surface area contributed by atoms with E-state index in [0.29, 0.717) is 54.0 Å². The Morgan fingerprint density at radius 2 is 1.71 bits per heavy atom. The fourth-order valence-corrected chi connectivity index (χ4v) is 3.55. The minimum absolute atomic E-state index is 0.218. The smallest absolute Gasteiger partial charge is 0.252 e. The third-order valence-electron chi connectivity index (χ3n) is 5.05. The second kappa shape index (κ2) is 8.36. The lowest BCUT2D eigenvalue weighted by atomic mass is 10.1. The minimum Gasteiger partial charge on any atom is -0.486 e.